The molecule has 0 atom stereocenters. The minimum Gasteiger partial charge on any atom is -0.347 e. The van der Waals surface area contributed by atoms with Crippen molar-refractivity contribution in [1.82, 2.24) is 15.3 Å². The second kappa shape index (κ2) is 8.61. The zero-order valence-corrected chi connectivity index (χ0v) is 15.9. The molecule has 0 spiro atoms. The zero-order valence-electron chi connectivity index (χ0n) is 14.3. The van der Waals surface area contributed by atoms with Gasteiger partial charge in [-0.25, -0.2) is 9.78 Å². The summed E-state index contributed by atoms with van der Waals surface area (Å²) in [5, 5.41) is 9.04. The summed E-state index contributed by atoms with van der Waals surface area (Å²) in [5.41, 5.74) is 2.04. The number of nitrogens with one attached hydrogen (secondary N) is 3. The van der Waals surface area contributed by atoms with E-state index < -0.39 is 6.03 Å². The van der Waals surface area contributed by atoms with E-state index in [2.05, 4.69) is 25.9 Å². The van der Waals surface area contributed by atoms with Crippen LogP contribution in [0.4, 0.5) is 15.6 Å². The third kappa shape index (κ3) is 5.25. The molecule has 0 aliphatic carbocycles. The van der Waals surface area contributed by atoms with Crippen LogP contribution < -0.4 is 16.0 Å². The maximum Gasteiger partial charge on any atom is 0.325 e. The lowest BCUT2D eigenvalue weighted by molar-refractivity contribution is 0.0954. The van der Waals surface area contributed by atoms with Gasteiger partial charge in [-0.05, 0) is 42.8 Å². The van der Waals surface area contributed by atoms with Crippen LogP contribution in [-0.4, -0.2) is 21.9 Å². The number of nitrogens with zero attached hydrogens (tertiary/aromatic N) is 2. The number of thiazole rings is 1. The van der Waals surface area contributed by atoms with E-state index in [-0.39, 0.29) is 5.91 Å². The van der Waals surface area contributed by atoms with Crippen LogP contribution in [0, 0.1) is 6.92 Å². The number of benzene rings is 1. The van der Waals surface area contributed by atoms with Crippen molar-refractivity contribution in [3.63, 3.8) is 0 Å². The number of urea groups is 1. The molecule has 27 heavy (non-hydrogen) atoms. The van der Waals surface area contributed by atoms with Crippen LogP contribution in [0.15, 0.2) is 48.8 Å². The number of carbonyl (C=O) groups is 2. The van der Waals surface area contributed by atoms with Crippen LogP contribution in [0.3, 0.4) is 0 Å². The Balaban J connectivity index is 1.59. The Morgan fingerprint density at radius 1 is 1.15 bits per heavy atom. The van der Waals surface area contributed by atoms with E-state index in [1.165, 1.54) is 0 Å². The third-order valence-corrected chi connectivity index (χ3v) is 4.82. The number of rotatable bonds is 5. The van der Waals surface area contributed by atoms with Crippen molar-refractivity contribution >= 4 is 45.7 Å². The highest BCUT2D eigenvalue weighted by Gasteiger charge is 2.16. The predicted molar refractivity (Wildman–Crippen MR) is 106 cm³/mol. The van der Waals surface area contributed by atoms with E-state index in [0.29, 0.717) is 33.0 Å². The van der Waals surface area contributed by atoms with E-state index in [9.17, 15) is 9.59 Å². The van der Waals surface area contributed by atoms with E-state index >= 15 is 0 Å². The standard InChI is InChI=1S/C18H16ClN5O2S/c1-11-15(16(25)21-10-12-3-2-8-20-9-12)27-18(22-11)24-17(26)23-14-6-4-13(19)5-7-14/h2-9H,10H2,1H3,(H,21,25)(H2,22,23,24,26). The topological polar surface area (TPSA) is 96.0 Å². The number of amides is 3. The normalized spacial score (nSPS) is 10.3. The van der Waals surface area contributed by atoms with Gasteiger partial charge in [-0.1, -0.05) is 29.0 Å². The molecule has 138 valence electrons. The highest BCUT2D eigenvalue weighted by atomic mass is 35.5. The molecule has 3 amide bonds. The Hall–Kier alpha value is -2.97. The molecule has 1 aromatic carbocycles. The minimum absolute atomic E-state index is 0.250. The number of halogens is 1. The molecule has 0 aliphatic rings. The highest BCUT2D eigenvalue weighted by Crippen LogP contribution is 2.23. The molecule has 2 aromatic heterocycles. The minimum atomic E-state index is -0.451. The van der Waals surface area contributed by atoms with E-state index in [1.54, 1.807) is 49.6 Å². The van der Waals surface area contributed by atoms with Crippen molar-refractivity contribution in [2.24, 2.45) is 0 Å². The maximum absolute atomic E-state index is 12.4. The van der Waals surface area contributed by atoms with Crippen molar-refractivity contribution in [2.45, 2.75) is 13.5 Å². The summed E-state index contributed by atoms with van der Waals surface area (Å²) in [6.45, 7) is 2.08. The molecule has 0 saturated heterocycles. The molecule has 9 heteroatoms. The summed E-state index contributed by atoms with van der Waals surface area (Å²) in [6.07, 6.45) is 3.36. The van der Waals surface area contributed by atoms with Gasteiger partial charge < -0.3 is 10.6 Å². The molecule has 3 N–H and O–H groups in total. The second-order valence-corrected chi connectivity index (χ2v) is 7.00. The number of pyridine rings is 1. The molecular weight excluding hydrogens is 386 g/mol. The fourth-order valence-electron chi connectivity index (χ4n) is 2.22. The molecule has 2 heterocycles. The lowest BCUT2D eigenvalue weighted by Gasteiger charge is -2.05. The number of aromatic nitrogens is 2. The first kappa shape index (κ1) is 18.8. The largest absolute Gasteiger partial charge is 0.347 e. The summed E-state index contributed by atoms with van der Waals surface area (Å²) < 4.78 is 0. The van der Waals surface area contributed by atoms with E-state index in [4.69, 9.17) is 11.6 Å². The SMILES string of the molecule is Cc1nc(NC(=O)Nc2ccc(Cl)cc2)sc1C(=O)NCc1cccnc1. The van der Waals surface area contributed by atoms with Gasteiger partial charge in [0.1, 0.15) is 4.88 Å². The van der Waals surface area contributed by atoms with Crippen LogP contribution in [0.1, 0.15) is 20.9 Å². The molecule has 3 aromatic rings. The molecule has 3 rings (SSSR count). The Kier molecular flexibility index (Phi) is 6.00. The number of aryl methyl sites for hydroxylation is 1. The van der Waals surface area contributed by atoms with Crippen molar-refractivity contribution in [3.8, 4) is 0 Å². The van der Waals surface area contributed by atoms with Crippen molar-refractivity contribution in [3.05, 3.63) is 69.9 Å². The van der Waals surface area contributed by atoms with Gasteiger partial charge in [-0.3, -0.25) is 15.1 Å². The molecule has 0 saturated carbocycles. The second-order valence-electron chi connectivity index (χ2n) is 5.56. The lowest BCUT2D eigenvalue weighted by atomic mass is 10.3. The van der Waals surface area contributed by atoms with Gasteiger partial charge in [0.15, 0.2) is 5.13 Å². The molecule has 0 bridgehead atoms. The smallest absolute Gasteiger partial charge is 0.325 e. The lowest BCUT2D eigenvalue weighted by Crippen LogP contribution is -2.22. The van der Waals surface area contributed by atoms with Crippen LogP contribution in [0.25, 0.3) is 0 Å². The maximum atomic E-state index is 12.4. The Morgan fingerprint density at radius 3 is 2.63 bits per heavy atom. The fraction of sp³-hybridized carbons (Fsp3) is 0.111. The number of hydrogen-bond acceptors (Lipinski definition) is 5. The highest BCUT2D eigenvalue weighted by molar-refractivity contribution is 7.17. The summed E-state index contributed by atoms with van der Waals surface area (Å²) >= 11 is 6.93. The quantitative estimate of drug-likeness (QED) is 0.600. The van der Waals surface area contributed by atoms with Gasteiger partial charge in [0.05, 0.1) is 5.69 Å². The summed E-state index contributed by atoms with van der Waals surface area (Å²) in [5.74, 6) is -0.250. The van der Waals surface area contributed by atoms with Gasteiger partial charge >= 0.3 is 6.03 Å². The van der Waals surface area contributed by atoms with Gasteiger partial charge in [0.25, 0.3) is 5.91 Å². The average molecular weight is 402 g/mol. The first-order valence-electron chi connectivity index (χ1n) is 7.99. The Labute approximate surface area is 164 Å². The van der Waals surface area contributed by atoms with E-state index in [0.717, 1.165) is 16.9 Å². The van der Waals surface area contributed by atoms with Crippen LogP contribution in [-0.2, 0) is 6.54 Å². The molecule has 7 nitrogen and oxygen atoms in total. The monoisotopic (exact) mass is 401 g/mol. The van der Waals surface area contributed by atoms with Crippen LogP contribution in [0.5, 0.6) is 0 Å². The number of carbonyl (C=O) groups excluding carboxylic acids is 2. The number of hydrogen-bond donors (Lipinski definition) is 3. The van der Waals surface area contributed by atoms with Gasteiger partial charge in [0, 0.05) is 29.6 Å². The summed E-state index contributed by atoms with van der Waals surface area (Å²) in [4.78, 5) is 33.1. The first-order valence-corrected chi connectivity index (χ1v) is 9.19. The first-order chi connectivity index (χ1) is 13.0. The Bertz CT molecular complexity index is 944. The van der Waals surface area contributed by atoms with Crippen LogP contribution >= 0.6 is 22.9 Å². The zero-order chi connectivity index (χ0) is 19.2. The molecular formula is C18H16ClN5O2S. The molecule has 0 aliphatic heterocycles. The summed E-state index contributed by atoms with van der Waals surface area (Å²) in [6, 6.07) is 9.96. The van der Waals surface area contributed by atoms with Gasteiger partial charge in [-0.2, -0.15) is 0 Å². The molecule has 0 unspecified atom stereocenters. The molecule has 0 fully saturated rings. The third-order valence-electron chi connectivity index (χ3n) is 3.50. The van der Waals surface area contributed by atoms with Crippen molar-refractivity contribution in [1.29, 1.82) is 0 Å². The van der Waals surface area contributed by atoms with Crippen LogP contribution in [0.2, 0.25) is 5.02 Å². The van der Waals surface area contributed by atoms with E-state index in [1.807, 2.05) is 6.07 Å². The molecule has 0 radical (unpaired) electrons. The number of anilines is 2. The van der Waals surface area contributed by atoms with Gasteiger partial charge in [-0.15, -0.1) is 0 Å². The predicted octanol–water partition coefficient (Wildman–Crippen LogP) is 4.07. The average Bonchev–Trinajstić information content (AvgIpc) is 3.02. The fourth-order valence-corrected chi connectivity index (χ4v) is 3.22. The summed E-state index contributed by atoms with van der Waals surface area (Å²) in [7, 11) is 0. The Morgan fingerprint density at radius 2 is 1.93 bits per heavy atom. The van der Waals surface area contributed by atoms with Crippen molar-refractivity contribution in [2.75, 3.05) is 10.6 Å². The van der Waals surface area contributed by atoms with Crippen molar-refractivity contribution < 1.29 is 9.59 Å². The van der Waals surface area contributed by atoms with Gasteiger partial charge in [0.2, 0.25) is 0 Å².